The normalized spacial score (nSPS) is 16.5. The van der Waals surface area contributed by atoms with Crippen molar-refractivity contribution >= 4 is 12.1 Å². The van der Waals surface area contributed by atoms with Crippen LogP contribution in [0.1, 0.15) is 12.8 Å². The van der Waals surface area contributed by atoms with Crippen molar-refractivity contribution in [2.75, 3.05) is 0 Å². The van der Waals surface area contributed by atoms with Crippen molar-refractivity contribution in [3.05, 3.63) is 36.0 Å². The highest BCUT2D eigenvalue weighted by atomic mass is 16.1. The van der Waals surface area contributed by atoms with E-state index in [2.05, 4.69) is 6.58 Å². The molecule has 0 aromatic carbocycles. The quantitative estimate of drug-likeness (QED) is 0.588. The average Bonchev–Trinajstić information content (AvgIpc) is 2.09. The highest BCUT2D eigenvalue weighted by molar-refractivity contribution is 6.01. The zero-order chi connectivity index (χ0) is 8.97. The van der Waals surface area contributed by atoms with Crippen LogP contribution in [0.4, 0.5) is 0 Å². The van der Waals surface area contributed by atoms with Gasteiger partial charge in [0.1, 0.15) is 0 Å². The van der Waals surface area contributed by atoms with Gasteiger partial charge in [0.25, 0.3) is 0 Å². The molecule has 12 heavy (non-hydrogen) atoms. The van der Waals surface area contributed by atoms with Crippen molar-refractivity contribution in [1.29, 1.82) is 0 Å². The van der Waals surface area contributed by atoms with E-state index in [-0.39, 0.29) is 5.78 Å². The summed E-state index contributed by atoms with van der Waals surface area (Å²) in [7, 11) is 0. The summed E-state index contributed by atoms with van der Waals surface area (Å²) in [5.41, 5.74) is 1.11. The Bertz CT molecular complexity index is 282. The molecule has 1 radical (unpaired) electrons. The van der Waals surface area contributed by atoms with E-state index in [9.17, 15) is 9.59 Å². The standard InChI is InChI=1S/C10H9O2/c1-2-3-9-6-8(7-11)4-5-10(9)12/h2,4,6H,1,3,5H2. The van der Waals surface area contributed by atoms with Crippen LogP contribution in [0.25, 0.3) is 0 Å². The first-order valence-electron chi connectivity index (χ1n) is 3.71. The minimum atomic E-state index is 0.0638. The monoisotopic (exact) mass is 161 g/mol. The van der Waals surface area contributed by atoms with E-state index in [1.165, 1.54) is 0 Å². The predicted molar refractivity (Wildman–Crippen MR) is 46.3 cm³/mol. The first kappa shape index (κ1) is 8.65. The van der Waals surface area contributed by atoms with Crippen LogP contribution >= 0.6 is 0 Å². The molecule has 0 aromatic rings. The van der Waals surface area contributed by atoms with Gasteiger partial charge in [0.05, 0.1) is 0 Å². The van der Waals surface area contributed by atoms with Crippen molar-refractivity contribution in [2.24, 2.45) is 0 Å². The highest BCUT2D eigenvalue weighted by Crippen LogP contribution is 2.15. The van der Waals surface area contributed by atoms with Gasteiger partial charge in [0.2, 0.25) is 6.29 Å². The summed E-state index contributed by atoms with van der Waals surface area (Å²) < 4.78 is 0. The zero-order valence-corrected chi connectivity index (χ0v) is 6.67. The maximum absolute atomic E-state index is 11.2. The van der Waals surface area contributed by atoms with Crippen LogP contribution in [-0.2, 0) is 9.59 Å². The number of rotatable bonds is 3. The number of ketones is 1. The fourth-order valence-electron chi connectivity index (χ4n) is 1.06. The molecule has 0 unspecified atom stereocenters. The Hall–Kier alpha value is -1.44. The number of hydrogen-bond acceptors (Lipinski definition) is 2. The van der Waals surface area contributed by atoms with Gasteiger partial charge >= 0.3 is 0 Å². The molecule has 1 rings (SSSR count). The molecule has 0 saturated heterocycles. The molecule has 2 nitrogen and oxygen atoms in total. The Labute approximate surface area is 71.3 Å². The summed E-state index contributed by atoms with van der Waals surface area (Å²) in [6, 6.07) is 0. The lowest BCUT2D eigenvalue weighted by Gasteiger charge is -2.06. The second-order valence-corrected chi connectivity index (χ2v) is 2.55. The molecule has 2 heteroatoms. The predicted octanol–water partition coefficient (Wildman–Crippen LogP) is 1.50. The Morgan fingerprint density at radius 3 is 3.00 bits per heavy atom. The summed E-state index contributed by atoms with van der Waals surface area (Å²) in [6.07, 6.45) is 7.40. The van der Waals surface area contributed by atoms with E-state index in [4.69, 9.17) is 0 Å². The van der Waals surface area contributed by atoms with Gasteiger partial charge in [-0.1, -0.05) is 12.2 Å². The van der Waals surface area contributed by atoms with Gasteiger partial charge in [-0.2, -0.15) is 0 Å². The second-order valence-electron chi connectivity index (χ2n) is 2.55. The molecule has 0 saturated carbocycles. The minimum absolute atomic E-state index is 0.0638. The molecule has 0 heterocycles. The van der Waals surface area contributed by atoms with Crippen LogP contribution in [0.5, 0.6) is 0 Å². The van der Waals surface area contributed by atoms with Gasteiger partial charge in [-0.15, -0.1) is 6.58 Å². The van der Waals surface area contributed by atoms with Crippen LogP contribution in [0.2, 0.25) is 0 Å². The first-order chi connectivity index (χ1) is 5.77. The summed E-state index contributed by atoms with van der Waals surface area (Å²) in [6.45, 7) is 3.53. The molecular formula is C10H9O2. The third kappa shape index (κ3) is 1.78. The Balaban J connectivity index is 2.86. The Kier molecular flexibility index (Phi) is 2.75. The lowest BCUT2D eigenvalue weighted by atomic mass is 9.96. The fourth-order valence-corrected chi connectivity index (χ4v) is 1.06. The fraction of sp³-hybridized carbons (Fsp3) is 0.200. The summed E-state index contributed by atoms with van der Waals surface area (Å²) in [5, 5.41) is 0. The highest BCUT2D eigenvalue weighted by Gasteiger charge is 2.12. The minimum Gasteiger partial charge on any atom is -0.294 e. The smallest absolute Gasteiger partial charge is 0.233 e. The summed E-state index contributed by atoms with van der Waals surface area (Å²) in [4.78, 5) is 21.4. The van der Waals surface area contributed by atoms with Crippen molar-refractivity contribution < 1.29 is 9.59 Å². The molecule has 0 spiro atoms. The maximum atomic E-state index is 11.2. The van der Waals surface area contributed by atoms with Gasteiger partial charge in [-0.25, -0.2) is 0 Å². The molecule has 0 aliphatic heterocycles. The lowest BCUT2D eigenvalue weighted by Crippen LogP contribution is -2.06. The average molecular weight is 161 g/mol. The molecule has 0 amide bonds. The number of allylic oxidation sites excluding steroid dienone is 5. The molecule has 0 aromatic heterocycles. The zero-order valence-electron chi connectivity index (χ0n) is 6.67. The van der Waals surface area contributed by atoms with Gasteiger partial charge in [-0.3, -0.25) is 9.59 Å². The number of hydrogen-bond donors (Lipinski definition) is 0. The Morgan fingerprint density at radius 1 is 1.67 bits per heavy atom. The van der Waals surface area contributed by atoms with E-state index in [1.54, 1.807) is 24.5 Å². The van der Waals surface area contributed by atoms with Crippen LogP contribution in [0.15, 0.2) is 36.0 Å². The van der Waals surface area contributed by atoms with Gasteiger partial charge in [0, 0.05) is 12.0 Å². The summed E-state index contributed by atoms with van der Waals surface area (Å²) >= 11 is 0. The van der Waals surface area contributed by atoms with Crippen LogP contribution in [-0.4, -0.2) is 12.1 Å². The van der Waals surface area contributed by atoms with E-state index in [0.29, 0.717) is 24.0 Å². The van der Waals surface area contributed by atoms with Crippen molar-refractivity contribution in [3.63, 3.8) is 0 Å². The van der Waals surface area contributed by atoms with Crippen LogP contribution < -0.4 is 0 Å². The van der Waals surface area contributed by atoms with Crippen LogP contribution in [0, 0.1) is 0 Å². The lowest BCUT2D eigenvalue weighted by molar-refractivity contribution is -0.114. The second kappa shape index (κ2) is 3.81. The molecule has 0 fully saturated rings. The summed E-state index contributed by atoms with van der Waals surface area (Å²) in [5.74, 6) is 0.0638. The van der Waals surface area contributed by atoms with Crippen molar-refractivity contribution in [3.8, 4) is 0 Å². The molecular weight excluding hydrogens is 152 g/mol. The molecule has 0 atom stereocenters. The number of Topliss-reactive ketones (excluding diaryl/α,β-unsaturated/α-hetero) is 1. The van der Waals surface area contributed by atoms with Crippen molar-refractivity contribution in [1.82, 2.24) is 0 Å². The SMILES string of the molecule is C=CCC1=CC([C]=O)=CCC1=O. The molecule has 61 valence electrons. The van der Waals surface area contributed by atoms with E-state index >= 15 is 0 Å². The third-order valence-electron chi connectivity index (χ3n) is 1.68. The molecule has 0 bridgehead atoms. The number of carbonyl (C=O) groups is 1. The van der Waals surface area contributed by atoms with E-state index in [0.717, 1.165) is 0 Å². The van der Waals surface area contributed by atoms with Gasteiger partial charge < -0.3 is 0 Å². The van der Waals surface area contributed by atoms with Gasteiger partial charge in [-0.05, 0) is 18.1 Å². The van der Waals surface area contributed by atoms with E-state index < -0.39 is 0 Å². The molecule has 0 N–H and O–H groups in total. The number of carbonyl (C=O) groups excluding carboxylic acids is 2. The molecule has 1 aliphatic carbocycles. The largest absolute Gasteiger partial charge is 0.294 e. The molecule has 1 aliphatic rings. The van der Waals surface area contributed by atoms with Crippen LogP contribution in [0.3, 0.4) is 0 Å². The maximum Gasteiger partial charge on any atom is 0.233 e. The van der Waals surface area contributed by atoms with Crippen molar-refractivity contribution in [2.45, 2.75) is 12.8 Å². The van der Waals surface area contributed by atoms with Gasteiger partial charge in [0.15, 0.2) is 5.78 Å². The third-order valence-corrected chi connectivity index (χ3v) is 1.68. The topological polar surface area (TPSA) is 34.1 Å². The first-order valence-corrected chi connectivity index (χ1v) is 3.71. The Morgan fingerprint density at radius 2 is 2.42 bits per heavy atom. The van der Waals surface area contributed by atoms with E-state index in [1.807, 2.05) is 0 Å².